The molecule has 6 heteroatoms. The Kier molecular flexibility index (Phi) is 11.7. The SMILES string of the molecule is CCCCC(CCCC)(CCCC(=O)OC(C)O)C(=O)OC(C)O. The van der Waals surface area contributed by atoms with E-state index in [1.165, 1.54) is 13.8 Å². The Bertz CT molecular complexity index is 357. The van der Waals surface area contributed by atoms with E-state index in [-0.39, 0.29) is 12.4 Å². The molecule has 0 aliphatic rings. The zero-order valence-electron chi connectivity index (χ0n) is 15.5. The van der Waals surface area contributed by atoms with Gasteiger partial charge < -0.3 is 19.7 Å². The van der Waals surface area contributed by atoms with Crippen LogP contribution >= 0.6 is 0 Å². The van der Waals surface area contributed by atoms with Gasteiger partial charge in [0.1, 0.15) is 0 Å². The molecule has 2 N–H and O–H groups in total. The van der Waals surface area contributed by atoms with Gasteiger partial charge >= 0.3 is 11.9 Å². The number of unbranched alkanes of at least 4 members (excludes halogenated alkanes) is 2. The van der Waals surface area contributed by atoms with E-state index in [0.717, 1.165) is 25.7 Å². The predicted molar refractivity (Wildman–Crippen MR) is 90.9 cm³/mol. The van der Waals surface area contributed by atoms with Gasteiger partial charge in [-0.15, -0.1) is 0 Å². The number of carbonyl (C=O) groups is 2. The van der Waals surface area contributed by atoms with Crippen LogP contribution in [0.2, 0.25) is 0 Å². The summed E-state index contributed by atoms with van der Waals surface area (Å²) >= 11 is 0. The van der Waals surface area contributed by atoms with Crippen LogP contribution in [-0.4, -0.2) is 34.7 Å². The fourth-order valence-electron chi connectivity index (χ4n) is 2.81. The minimum Gasteiger partial charge on any atom is -0.436 e. The molecule has 2 unspecified atom stereocenters. The van der Waals surface area contributed by atoms with Crippen LogP contribution in [0.3, 0.4) is 0 Å². The van der Waals surface area contributed by atoms with E-state index in [1.54, 1.807) is 0 Å². The zero-order chi connectivity index (χ0) is 18.6. The second kappa shape index (κ2) is 12.3. The maximum atomic E-state index is 12.6. The molecule has 0 aromatic heterocycles. The number of aliphatic hydroxyl groups excluding tert-OH is 2. The van der Waals surface area contributed by atoms with E-state index < -0.39 is 24.0 Å². The molecule has 0 aromatic rings. The molecule has 6 nitrogen and oxygen atoms in total. The van der Waals surface area contributed by atoms with E-state index in [0.29, 0.717) is 25.7 Å². The molecular formula is C18H34O6. The van der Waals surface area contributed by atoms with Gasteiger partial charge in [-0.2, -0.15) is 0 Å². The molecule has 0 amide bonds. The number of hydrogen-bond acceptors (Lipinski definition) is 6. The van der Waals surface area contributed by atoms with Crippen LogP contribution in [0, 0.1) is 5.41 Å². The summed E-state index contributed by atoms with van der Waals surface area (Å²) in [5.41, 5.74) is -0.672. The number of rotatable bonds is 13. The Labute approximate surface area is 145 Å². The van der Waals surface area contributed by atoms with Gasteiger partial charge in [-0.05, 0) is 39.5 Å². The Hall–Kier alpha value is -1.14. The van der Waals surface area contributed by atoms with Crippen LogP contribution in [0.4, 0.5) is 0 Å². The van der Waals surface area contributed by atoms with Crippen LogP contribution in [-0.2, 0) is 19.1 Å². The first-order valence-electron chi connectivity index (χ1n) is 9.04. The predicted octanol–water partition coefficient (Wildman–Crippen LogP) is 3.29. The summed E-state index contributed by atoms with van der Waals surface area (Å²) in [7, 11) is 0. The van der Waals surface area contributed by atoms with E-state index in [9.17, 15) is 14.7 Å². The minimum atomic E-state index is -1.14. The molecule has 0 saturated carbocycles. The third-order valence-corrected chi connectivity index (χ3v) is 4.07. The lowest BCUT2D eigenvalue weighted by atomic mass is 9.74. The molecule has 0 bridgehead atoms. The van der Waals surface area contributed by atoms with Crippen LogP contribution < -0.4 is 0 Å². The van der Waals surface area contributed by atoms with Crippen molar-refractivity contribution in [1.82, 2.24) is 0 Å². The largest absolute Gasteiger partial charge is 0.436 e. The first-order valence-corrected chi connectivity index (χ1v) is 9.04. The third kappa shape index (κ3) is 9.23. The van der Waals surface area contributed by atoms with Gasteiger partial charge in [-0.1, -0.05) is 39.5 Å². The van der Waals surface area contributed by atoms with Crippen LogP contribution in [0.15, 0.2) is 0 Å². The summed E-state index contributed by atoms with van der Waals surface area (Å²) in [6.45, 7) is 6.92. The van der Waals surface area contributed by atoms with Crippen molar-refractivity contribution < 1.29 is 29.3 Å². The normalized spacial score (nSPS) is 14.1. The van der Waals surface area contributed by atoms with Crippen LogP contribution in [0.1, 0.15) is 85.5 Å². The van der Waals surface area contributed by atoms with Gasteiger partial charge in [0.25, 0.3) is 0 Å². The maximum absolute atomic E-state index is 12.6. The molecule has 0 spiro atoms. The summed E-state index contributed by atoms with van der Waals surface area (Å²) in [4.78, 5) is 24.2. The highest BCUT2D eigenvalue weighted by Gasteiger charge is 2.39. The highest BCUT2D eigenvalue weighted by Crippen LogP contribution is 2.38. The van der Waals surface area contributed by atoms with Crippen molar-refractivity contribution in [3.05, 3.63) is 0 Å². The van der Waals surface area contributed by atoms with Gasteiger partial charge in [0.15, 0.2) is 12.6 Å². The maximum Gasteiger partial charge on any atom is 0.314 e. The van der Waals surface area contributed by atoms with Crippen molar-refractivity contribution in [2.75, 3.05) is 0 Å². The quantitative estimate of drug-likeness (QED) is 0.393. The Morgan fingerprint density at radius 2 is 1.33 bits per heavy atom. The fourth-order valence-corrected chi connectivity index (χ4v) is 2.81. The monoisotopic (exact) mass is 346 g/mol. The third-order valence-electron chi connectivity index (χ3n) is 4.07. The van der Waals surface area contributed by atoms with Crippen LogP contribution in [0.25, 0.3) is 0 Å². The molecule has 0 fully saturated rings. The molecule has 0 radical (unpaired) electrons. The van der Waals surface area contributed by atoms with Crippen molar-refractivity contribution in [2.24, 2.45) is 5.41 Å². The van der Waals surface area contributed by atoms with Gasteiger partial charge in [0.05, 0.1) is 5.41 Å². The lowest BCUT2D eigenvalue weighted by molar-refractivity contribution is -0.180. The van der Waals surface area contributed by atoms with E-state index in [4.69, 9.17) is 14.6 Å². The summed E-state index contributed by atoms with van der Waals surface area (Å²) in [6, 6.07) is 0. The van der Waals surface area contributed by atoms with E-state index in [2.05, 4.69) is 13.8 Å². The summed E-state index contributed by atoms with van der Waals surface area (Å²) in [6.07, 6.45) is 3.92. The van der Waals surface area contributed by atoms with E-state index >= 15 is 0 Å². The molecule has 0 aliphatic heterocycles. The van der Waals surface area contributed by atoms with Gasteiger partial charge in [0.2, 0.25) is 0 Å². The second-order valence-electron chi connectivity index (χ2n) is 6.43. The zero-order valence-corrected chi connectivity index (χ0v) is 15.5. The van der Waals surface area contributed by atoms with Crippen molar-refractivity contribution in [1.29, 1.82) is 0 Å². The molecule has 0 aromatic carbocycles. The first kappa shape index (κ1) is 22.9. The van der Waals surface area contributed by atoms with Gasteiger partial charge in [-0.3, -0.25) is 9.59 Å². The van der Waals surface area contributed by atoms with Crippen molar-refractivity contribution in [2.45, 2.75) is 98.1 Å². The summed E-state index contributed by atoms with van der Waals surface area (Å²) < 4.78 is 9.81. The molecule has 0 aliphatic carbocycles. The Balaban J connectivity index is 4.96. The molecule has 0 heterocycles. The number of carbonyl (C=O) groups excluding carboxylic acids is 2. The number of hydrogen-bond donors (Lipinski definition) is 2. The van der Waals surface area contributed by atoms with Gasteiger partial charge in [-0.25, -0.2) is 0 Å². The van der Waals surface area contributed by atoms with E-state index in [1.807, 2.05) is 0 Å². The van der Waals surface area contributed by atoms with Crippen molar-refractivity contribution in [3.63, 3.8) is 0 Å². The second-order valence-corrected chi connectivity index (χ2v) is 6.43. The number of ether oxygens (including phenoxy) is 2. The smallest absolute Gasteiger partial charge is 0.314 e. The Morgan fingerprint density at radius 1 is 0.875 bits per heavy atom. The lowest BCUT2D eigenvalue weighted by Crippen LogP contribution is -2.35. The standard InChI is InChI=1S/C18H34O6/c1-5-7-11-18(12-8-6-2,17(22)24-15(4)20)13-9-10-16(21)23-14(3)19/h14-15,19-20H,5-13H2,1-4H3. The molecule has 0 rings (SSSR count). The lowest BCUT2D eigenvalue weighted by Gasteiger charge is -2.32. The first-order chi connectivity index (χ1) is 11.3. The minimum absolute atomic E-state index is 0.146. The van der Waals surface area contributed by atoms with Crippen molar-refractivity contribution in [3.8, 4) is 0 Å². The average molecular weight is 346 g/mol. The Morgan fingerprint density at radius 3 is 1.75 bits per heavy atom. The molecular weight excluding hydrogens is 312 g/mol. The fraction of sp³-hybridized carbons (Fsp3) is 0.889. The molecule has 142 valence electrons. The van der Waals surface area contributed by atoms with Gasteiger partial charge in [0, 0.05) is 6.42 Å². The molecule has 0 saturated heterocycles. The molecule has 2 atom stereocenters. The summed E-state index contributed by atoms with van der Waals surface area (Å²) in [5, 5.41) is 18.5. The summed E-state index contributed by atoms with van der Waals surface area (Å²) in [5.74, 6) is -0.864. The van der Waals surface area contributed by atoms with Crippen molar-refractivity contribution >= 4 is 11.9 Å². The van der Waals surface area contributed by atoms with Crippen LogP contribution in [0.5, 0.6) is 0 Å². The highest BCUT2D eigenvalue weighted by atomic mass is 16.6. The number of esters is 2. The topological polar surface area (TPSA) is 93.1 Å². The average Bonchev–Trinajstić information content (AvgIpc) is 2.48. The highest BCUT2D eigenvalue weighted by molar-refractivity contribution is 5.77. The number of aliphatic hydroxyl groups is 2. The molecule has 24 heavy (non-hydrogen) atoms.